The van der Waals surface area contributed by atoms with E-state index in [2.05, 4.69) is 30.9 Å². The first-order chi connectivity index (χ1) is 7.08. The van der Waals surface area contributed by atoms with Crippen LogP contribution in [0.25, 0.3) is 11.2 Å². The molecule has 0 spiro atoms. The lowest BCUT2D eigenvalue weighted by atomic mass is 10.4. The van der Waals surface area contributed by atoms with Crippen molar-refractivity contribution in [2.24, 2.45) is 0 Å². The van der Waals surface area contributed by atoms with Crippen molar-refractivity contribution in [3.05, 3.63) is 32.8 Å². The van der Waals surface area contributed by atoms with Gasteiger partial charge < -0.3 is 10.1 Å². The van der Waals surface area contributed by atoms with E-state index in [0.717, 1.165) is 0 Å². The van der Waals surface area contributed by atoms with Crippen LogP contribution in [-0.2, 0) is 0 Å². The van der Waals surface area contributed by atoms with Crippen LogP contribution in [0.5, 0.6) is 0 Å². The minimum absolute atomic E-state index is 0.258. The molecule has 2 N–H and O–H groups in total. The number of hydrogen-bond acceptors (Lipinski definition) is 4. The first-order valence-corrected chi connectivity index (χ1v) is 4.66. The molecule has 0 fully saturated rings. The van der Waals surface area contributed by atoms with E-state index >= 15 is 0 Å². The molecule has 2 aromatic heterocycles. The predicted molar refractivity (Wildman–Crippen MR) is 54.8 cm³/mol. The van der Waals surface area contributed by atoms with Gasteiger partial charge in [-0.25, -0.2) is 14.8 Å². The Morgan fingerprint density at radius 3 is 2.93 bits per heavy atom. The highest BCUT2D eigenvalue weighted by molar-refractivity contribution is 9.10. The van der Waals surface area contributed by atoms with Crippen LogP contribution < -0.4 is 5.56 Å². The summed E-state index contributed by atoms with van der Waals surface area (Å²) in [5.74, 6) is -1.36. The maximum atomic E-state index is 11.2. The van der Waals surface area contributed by atoms with Crippen molar-refractivity contribution >= 4 is 33.1 Å². The maximum absolute atomic E-state index is 11.2. The number of halogens is 1. The number of pyridine rings is 1. The van der Waals surface area contributed by atoms with Gasteiger partial charge in [0, 0.05) is 10.7 Å². The van der Waals surface area contributed by atoms with Gasteiger partial charge in [0.25, 0.3) is 5.56 Å². The number of nitrogens with one attached hydrogen (secondary N) is 1. The SMILES string of the molecule is O=C(O)c1nc2cc(Br)cnc2[nH]c1=O. The summed E-state index contributed by atoms with van der Waals surface area (Å²) in [6.07, 6.45) is 1.49. The van der Waals surface area contributed by atoms with Crippen LogP contribution >= 0.6 is 15.9 Å². The Labute approximate surface area is 91.1 Å². The standard InChI is InChI=1S/C8H4BrN3O3/c9-3-1-4-6(10-2-3)12-7(13)5(11-4)8(14)15/h1-2H,(H,14,15)(H,10,12,13). The Morgan fingerprint density at radius 2 is 2.27 bits per heavy atom. The van der Waals surface area contributed by atoms with Crippen LogP contribution in [0.2, 0.25) is 0 Å². The number of fused-ring (bicyclic) bond motifs is 1. The molecule has 15 heavy (non-hydrogen) atoms. The summed E-state index contributed by atoms with van der Waals surface area (Å²) >= 11 is 3.17. The minimum Gasteiger partial charge on any atom is -0.476 e. The molecular formula is C8H4BrN3O3. The monoisotopic (exact) mass is 269 g/mol. The number of aromatic amines is 1. The van der Waals surface area contributed by atoms with Crippen molar-refractivity contribution < 1.29 is 9.90 Å². The number of nitrogens with zero attached hydrogens (tertiary/aromatic N) is 2. The van der Waals surface area contributed by atoms with E-state index in [9.17, 15) is 9.59 Å². The zero-order valence-electron chi connectivity index (χ0n) is 7.19. The highest BCUT2D eigenvalue weighted by Crippen LogP contribution is 2.12. The molecule has 0 aromatic carbocycles. The second kappa shape index (κ2) is 3.43. The average molecular weight is 270 g/mol. The van der Waals surface area contributed by atoms with Crippen LogP contribution in [0, 0.1) is 0 Å². The topological polar surface area (TPSA) is 95.9 Å². The number of hydrogen-bond donors (Lipinski definition) is 2. The predicted octanol–water partition coefficient (Wildman–Crippen LogP) is 0.779. The molecule has 0 aliphatic heterocycles. The summed E-state index contributed by atoms with van der Waals surface area (Å²) in [5, 5.41) is 8.68. The molecule has 0 radical (unpaired) electrons. The van der Waals surface area contributed by atoms with Gasteiger partial charge in [0.05, 0.1) is 0 Å². The Balaban J connectivity index is 2.83. The van der Waals surface area contributed by atoms with E-state index < -0.39 is 17.2 Å². The van der Waals surface area contributed by atoms with Gasteiger partial charge in [-0.1, -0.05) is 0 Å². The van der Waals surface area contributed by atoms with Gasteiger partial charge in [0.15, 0.2) is 5.65 Å². The molecule has 76 valence electrons. The van der Waals surface area contributed by atoms with Gasteiger partial charge >= 0.3 is 5.97 Å². The van der Waals surface area contributed by atoms with E-state index in [1.54, 1.807) is 6.07 Å². The van der Waals surface area contributed by atoms with Crippen LogP contribution in [-0.4, -0.2) is 26.0 Å². The average Bonchev–Trinajstić information content (AvgIpc) is 2.17. The molecular weight excluding hydrogens is 266 g/mol. The highest BCUT2D eigenvalue weighted by Gasteiger charge is 2.12. The smallest absolute Gasteiger partial charge is 0.360 e. The zero-order chi connectivity index (χ0) is 11.0. The fourth-order valence-corrected chi connectivity index (χ4v) is 1.41. The number of carboxylic acid groups (broad SMARTS) is 1. The van der Waals surface area contributed by atoms with E-state index in [-0.39, 0.29) is 5.65 Å². The lowest BCUT2D eigenvalue weighted by molar-refractivity contribution is 0.0689. The number of aromatic nitrogens is 3. The summed E-state index contributed by atoms with van der Waals surface area (Å²) in [4.78, 5) is 31.8. The molecule has 0 saturated carbocycles. The van der Waals surface area contributed by atoms with E-state index in [4.69, 9.17) is 5.11 Å². The second-order valence-electron chi connectivity index (χ2n) is 2.74. The highest BCUT2D eigenvalue weighted by atomic mass is 79.9. The number of carboxylic acids is 1. The van der Waals surface area contributed by atoms with Crippen LogP contribution in [0.15, 0.2) is 21.5 Å². The molecule has 2 heterocycles. The lowest BCUT2D eigenvalue weighted by Crippen LogP contribution is -2.20. The number of carbonyl (C=O) groups is 1. The Kier molecular flexibility index (Phi) is 2.24. The number of H-pyrrole nitrogens is 1. The molecule has 0 aliphatic rings. The molecule has 7 heteroatoms. The summed E-state index contributed by atoms with van der Waals surface area (Å²) in [7, 11) is 0. The Morgan fingerprint density at radius 1 is 1.53 bits per heavy atom. The van der Waals surface area contributed by atoms with Gasteiger partial charge in [-0.05, 0) is 22.0 Å². The fourth-order valence-electron chi connectivity index (χ4n) is 1.09. The van der Waals surface area contributed by atoms with Crippen molar-refractivity contribution in [2.45, 2.75) is 0 Å². The molecule has 0 aliphatic carbocycles. The summed E-state index contributed by atoms with van der Waals surface area (Å²) in [6.45, 7) is 0. The van der Waals surface area contributed by atoms with Gasteiger partial charge in [-0.15, -0.1) is 0 Å². The van der Waals surface area contributed by atoms with E-state index in [1.807, 2.05) is 0 Å². The van der Waals surface area contributed by atoms with Crippen molar-refractivity contribution in [2.75, 3.05) is 0 Å². The van der Waals surface area contributed by atoms with Crippen LogP contribution in [0.1, 0.15) is 10.5 Å². The van der Waals surface area contributed by atoms with Crippen molar-refractivity contribution in [1.29, 1.82) is 0 Å². The van der Waals surface area contributed by atoms with E-state index in [1.165, 1.54) is 6.20 Å². The minimum atomic E-state index is -1.36. The number of aromatic carboxylic acids is 1. The van der Waals surface area contributed by atoms with Crippen LogP contribution in [0.3, 0.4) is 0 Å². The molecule has 0 atom stereocenters. The largest absolute Gasteiger partial charge is 0.476 e. The number of rotatable bonds is 1. The third-order valence-electron chi connectivity index (χ3n) is 1.72. The summed E-state index contributed by atoms with van der Waals surface area (Å²) in [6, 6.07) is 1.57. The van der Waals surface area contributed by atoms with Crippen LogP contribution in [0.4, 0.5) is 0 Å². The fraction of sp³-hybridized carbons (Fsp3) is 0. The van der Waals surface area contributed by atoms with Gasteiger partial charge in [0.2, 0.25) is 5.69 Å². The zero-order valence-corrected chi connectivity index (χ0v) is 8.78. The van der Waals surface area contributed by atoms with Crippen molar-refractivity contribution in [3.63, 3.8) is 0 Å². The van der Waals surface area contributed by atoms with Gasteiger partial charge in [0.1, 0.15) is 5.52 Å². The first kappa shape index (κ1) is 9.78. The summed E-state index contributed by atoms with van der Waals surface area (Å²) < 4.78 is 0.658. The molecule has 2 rings (SSSR count). The second-order valence-corrected chi connectivity index (χ2v) is 3.66. The van der Waals surface area contributed by atoms with Gasteiger partial charge in [-0.2, -0.15) is 0 Å². The molecule has 2 aromatic rings. The third kappa shape index (κ3) is 1.73. The van der Waals surface area contributed by atoms with Crippen molar-refractivity contribution in [1.82, 2.24) is 15.0 Å². The molecule has 6 nitrogen and oxygen atoms in total. The summed E-state index contributed by atoms with van der Waals surface area (Å²) in [5.41, 5.74) is -0.721. The van der Waals surface area contributed by atoms with Gasteiger partial charge in [-0.3, -0.25) is 4.79 Å². The van der Waals surface area contributed by atoms with E-state index in [0.29, 0.717) is 9.99 Å². The normalized spacial score (nSPS) is 10.5. The maximum Gasteiger partial charge on any atom is 0.360 e. The molecule has 0 unspecified atom stereocenters. The molecule has 0 saturated heterocycles. The van der Waals surface area contributed by atoms with Crippen molar-refractivity contribution in [3.8, 4) is 0 Å². The Hall–Kier alpha value is -1.76. The third-order valence-corrected chi connectivity index (χ3v) is 2.15. The first-order valence-electron chi connectivity index (χ1n) is 3.87. The quantitative estimate of drug-likeness (QED) is 0.798. The lowest BCUT2D eigenvalue weighted by Gasteiger charge is -1.98. The Bertz CT molecular complexity index is 608. The molecule has 0 bridgehead atoms. The molecule has 0 amide bonds.